The molecule has 0 heterocycles. The molecule has 0 aliphatic carbocycles. The zero-order valence-electron chi connectivity index (χ0n) is 6.39. The molecule has 0 spiro atoms. The normalized spacial score (nSPS) is 5.58. The summed E-state index contributed by atoms with van der Waals surface area (Å²) in [5.41, 5.74) is 1.32. The molecule has 74 valence electrons. The molecular weight excluding hydrogens is 144 g/mol. The third-order valence-corrected chi connectivity index (χ3v) is 0.940. The van der Waals surface area contributed by atoms with Crippen molar-refractivity contribution in [1.29, 1.82) is 0 Å². The van der Waals surface area contributed by atoms with Gasteiger partial charge in [-0.2, -0.15) is 0 Å². The molecule has 0 aliphatic heterocycles. The van der Waals surface area contributed by atoms with Crippen LogP contribution in [-0.2, 0) is 0 Å². The van der Waals surface area contributed by atoms with Gasteiger partial charge in [0.25, 0.3) is 0 Å². The summed E-state index contributed by atoms with van der Waals surface area (Å²) in [5, 5.41) is 0. The van der Waals surface area contributed by atoms with Crippen molar-refractivity contribution in [2.24, 2.45) is 0 Å². The van der Waals surface area contributed by atoms with Crippen LogP contribution in [0.4, 0.5) is 0 Å². The molecule has 1 rings (SSSR count). The lowest BCUT2D eigenvalue weighted by atomic mass is 10.2. The van der Waals surface area contributed by atoms with E-state index in [0.717, 1.165) is 0 Å². The summed E-state index contributed by atoms with van der Waals surface area (Å²) < 4.78 is 0. The van der Waals surface area contributed by atoms with Gasteiger partial charge in [-0.3, -0.25) is 0 Å². The van der Waals surface area contributed by atoms with Gasteiger partial charge >= 0.3 is 0 Å². The largest absolute Gasteiger partial charge is 0.0776 e. The predicted molar refractivity (Wildman–Crippen MR) is 62.7 cm³/mol. The van der Waals surface area contributed by atoms with E-state index in [1.165, 1.54) is 5.56 Å². The van der Waals surface area contributed by atoms with Crippen molar-refractivity contribution in [2.75, 3.05) is 0 Å². The molecule has 0 aromatic heterocycles. The molecule has 0 unspecified atom stereocenters. The highest BCUT2D eigenvalue weighted by molar-refractivity contribution is 5.11. The second kappa shape index (κ2) is 16.7. The maximum Gasteiger partial charge on any atom is -0.0398 e. The number of rotatable bonds is 0. The molecular formula is C12H26. The van der Waals surface area contributed by atoms with Crippen LogP contribution in [0.5, 0.6) is 0 Å². The minimum atomic E-state index is 0. The second-order valence-corrected chi connectivity index (χ2v) is 1.65. The number of benzene rings is 1. The second-order valence-electron chi connectivity index (χ2n) is 1.65. The molecule has 0 bridgehead atoms. The summed E-state index contributed by atoms with van der Waals surface area (Å²) in [5.74, 6) is 0. The van der Waals surface area contributed by atoms with Crippen LogP contribution in [0.25, 0.3) is 0 Å². The first-order valence-corrected chi connectivity index (χ1v) is 3.41. The van der Waals surface area contributed by atoms with Gasteiger partial charge in [-0.05, 0) is 6.92 Å². The van der Waals surface area contributed by atoms with Crippen LogP contribution >= 0.6 is 0 Å². The molecule has 0 amide bonds. The van der Waals surface area contributed by atoms with E-state index in [9.17, 15) is 0 Å². The van der Waals surface area contributed by atoms with Gasteiger partial charge < -0.3 is 0 Å². The molecule has 0 aliphatic rings. The monoisotopic (exact) mass is 170 g/mol. The van der Waals surface area contributed by atoms with E-state index in [0.29, 0.717) is 0 Å². The SMILES string of the molecule is C.C.C.CC.Cc1ccccc1. The summed E-state index contributed by atoms with van der Waals surface area (Å²) in [6, 6.07) is 10.3. The summed E-state index contributed by atoms with van der Waals surface area (Å²) in [6.07, 6.45) is 0. The van der Waals surface area contributed by atoms with Crippen LogP contribution in [0, 0.1) is 6.92 Å². The summed E-state index contributed by atoms with van der Waals surface area (Å²) in [4.78, 5) is 0. The van der Waals surface area contributed by atoms with Crippen molar-refractivity contribution in [2.45, 2.75) is 43.1 Å². The van der Waals surface area contributed by atoms with Gasteiger partial charge in [0.2, 0.25) is 0 Å². The van der Waals surface area contributed by atoms with E-state index in [4.69, 9.17) is 0 Å². The fraction of sp³-hybridized carbons (Fsp3) is 0.500. The Labute approximate surface area is 79.6 Å². The van der Waals surface area contributed by atoms with E-state index in [1.807, 2.05) is 32.0 Å². The molecule has 0 saturated heterocycles. The van der Waals surface area contributed by atoms with Crippen molar-refractivity contribution in [3.05, 3.63) is 35.9 Å². The molecule has 0 radical (unpaired) electrons. The van der Waals surface area contributed by atoms with Gasteiger partial charge in [-0.25, -0.2) is 0 Å². The van der Waals surface area contributed by atoms with E-state index >= 15 is 0 Å². The Morgan fingerprint density at radius 2 is 1.08 bits per heavy atom. The Morgan fingerprint density at radius 1 is 0.750 bits per heavy atom. The van der Waals surface area contributed by atoms with Gasteiger partial charge in [0.15, 0.2) is 0 Å². The average Bonchev–Trinajstić information content (AvgIpc) is 1.94. The smallest absolute Gasteiger partial charge is 0.0398 e. The van der Waals surface area contributed by atoms with Crippen LogP contribution in [0.3, 0.4) is 0 Å². The van der Waals surface area contributed by atoms with E-state index in [1.54, 1.807) is 0 Å². The quantitative estimate of drug-likeness (QED) is 0.518. The van der Waals surface area contributed by atoms with Crippen molar-refractivity contribution in [1.82, 2.24) is 0 Å². The first kappa shape index (κ1) is 22.5. The van der Waals surface area contributed by atoms with Crippen LogP contribution in [0.1, 0.15) is 41.7 Å². The summed E-state index contributed by atoms with van der Waals surface area (Å²) >= 11 is 0. The number of aryl methyl sites for hydroxylation is 1. The zero-order valence-corrected chi connectivity index (χ0v) is 6.39. The average molecular weight is 170 g/mol. The topological polar surface area (TPSA) is 0 Å². The van der Waals surface area contributed by atoms with Crippen molar-refractivity contribution in [3.63, 3.8) is 0 Å². The van der Waals surface area contributed by atoms with E-state index in [2.05, 4.69) is 19.1 Å². The summed E-state index contributed by atoms with van der Waals surface area (Å²) in [6.45, 7) is 6.08. The molecule has 12 heavy (non-hydrogen) atoms. The molecule has 1 aromatic carbocycles. The molecule has 0 fully saturated rings. The highest BCUT2D eigenvalue weighted by Gasteiger charge is 1.72. The third-order valence-electron chi connectivity index (χ3n) is 0.940. The molecule has 0 nitrogen and oxygen atoms in total. The lowest BCUT2D eigenvalue weighted by Crippen LogP contribution is -1.62. The molecule has 0 atom stereocenters. The first-order chi connectivity index (χ1) is 4.39. The highest BCUT2D eigenvalue weighted by Crippen LogP contribution is 1.92. The van der Waals surface area contributed by atoms with Crippen molar-refractivity contribution >= 4 is 0 Å². The molecule has 0 heteroatoms. The minimum absolute atomic E-state index is 0. The Hall–Kier alpha value is -0.780. The Balaban J connectivity index is -0.0000000600. The standard InChI is InChI=1S/C7H8.C2H6.3CH4/c1-7-5-3-2-4-6-7;1-2;;;/h2-6H,1H3;1-2H3;3*1H4. The van der Waals surface area contributed by atoms with Crippen molar-refractivity contribution < 1.29 is 0 Å². The molecule has 1 aromatic rings. The maximum atomic E-state index is 2.08. The first-order valence-electron chi connectivity index (χ1n) is 3.41. The van der Waals surface area contributed by atoms with Crippen LogP contribution in [-0.4, -0.2) is 0 Å². The van der Waals surface area contributed by atoms with Crippen LogP contribution in [0.15, 0.2) is 30.3 Å². The van der Waals surface area contributed by atoms with Crippen molar-refractivity contribution in [3.8, 4) is 0 Å². The van der Waals surface area contributed by atoms with E-state index in [-0.39, 0.29) is 22.3 Å². The Morgan fingerprint density at radius 3 is 1.25 bits per heavy atom. The van der Waals surface area contributed by atoms with Gasteiger partial charge in [-0.1, -0.05) is 72.0 Å². The molecule has 0 N–H and O–H groups in total. The fourth-order valence-electron chi connectivity index (χ4n) is 0.534. The fourth-order valence-corrected chi connectivity index (χ4v) is 0.534. The number of hydrogen-bond acceptors (Lipinski definition) is 0. The Kier molecular flexibility index (Phi) is 31.2. The molecule has 0 saturated carbocycles. The highest BCUT2D eigenvalue weighted by atomic mass is 13.8. The maximum absolute atomic E-state index is 2.08. The van der Waals surface area contributed by atoms with E-state index < -0.39 is 0 Å². The van der Waals surface area contributed by atoms with Crippen LogP contribution < -0.4 is 0 Å². The third kappa shape index (κ3) is 12.0. The number of hydrogen-bond donors (Lipinski definition) is 0. The van der Waals surface area contributed by atoms with Gasteiger partial charge in [0.1, 0.15) is 0 Å². The minimum Gasteiger partial charge on any atom is -0.0776 e. The van der Waals surface area contributed by atoms with Gasteiger partial charge in [0, 0.05) is 0 Å². The zero-order chi connectivity index (χ0) is 7.11. The van der Waals surface area contributed by atoms with Gasteiger partial charge in [0.05, 0.1) is 0 Å². The van der Waals surface area contributed by atoms with Crippen LogP contribution in [0.2, 0.25) is 0 Å². The Bertz CT molecular complexity index is 130. The lowest BCUT2D eigenvalue weighted by molar-refractivity contribution is 1.48. The summed E-state index contributed by atoms with van der Waals surface area (Å²) in [7, 11) is 0. The predicted octanol–water partition coefficient (Wildman–Crippen LogP) is 4.93. The lowest BCUT2D eigenvalue weighted by Gasteiger charge is -1.82. The van der Waals surface area contributed by atoms with Gasteiger partial charge in [-0.15, -0.1) is 0 Å².